The minimum absolute atomic E-state index is 0. The van der Waals surface area contributed by atoms with Gasteiger partial charge in [0, 0.05) is 0 Å². The van der Waals surface area contributed by atoms with Crippen LogP contribution in [0.15, 0.2) is 30.3 Å². The fourth-order valence-corrected chi connectivity index (χ4v) is 2.44. The van der Waals surface area contributed by atoms with Crippen LogP contribution in [-0.4, -0.2) is 4.61 Å². The van der Waals surface area contributed by atoms with Gasteiger partial charge in [-0.05, 0) is 0 Å². The van der Waals surface area contributed by atoms with Crippen LogP contribution in [0.5, 0.6) is 0 Å². The molecule has 0 bridgehead atoms. The average Bonchev–Trinajstić information content (AvgIpc) is 1.88. The maximum atomic E-state index is 5.67. The van der Waals surface area contributed by atoms with E-state index in [-0.39, 0.29) is 22.3 Å². The zero-order valence-corrected chi connectivity index (χ0v) is 10.3. The first-order valence-electron chi connectivity index (χ1n) is 2.67. The molecule has 1 aromatic carbocycles. The molecule has 80 valence electrons. The SMILES string of the molecule is C.[CH3-].[CH3-].[Cl][Ru]([Cl])=[CH]c1ccccc1. The van der Waals surface area contributed by atoms with Crippen LogP contribution in [-0.2, 0) is 13.5 Å². The molecule has 0 aromatic heterocycles. The van der Waals surface area contributed by atoms with Gasteiger partial charge in [0.2, 0.25) is 0 Å². The third kappa shape index (κ3) is 8.62. The normalized spacial score (nSPS) is 8.31. The third-order valence-corrected chi connectivity index (χ3v) is 2.87. The van der Waals surface area contributed by atoms with E-state index in [0.717, 1.165) is 5.56 Å². The molecule has 1 aromatic rings. The van der Waals surface area contributed by atoms with Crippen molar-refractivity contribution in [3.8, 4) is 0 Å². The summed E-state index contributed by atoms with van der Waals surface area (Å²) in [6.45, 7) is 0. The summed E-state index contributed by atoms with van der Waals surface area (Å²) >= 11 is -1.61. The molecule has 0 nitrogen and oxygen atoms in total. The molecule has 0 amide bonds. The van der Waals surface area contributed by atoms with Crippen molar-refractivity contribution in [2.75, 3.05) is 0 Å². The maximum absolute atomic E-state index is 5.67. The molecule has 3 heteroatoms. The Balaban J connectivity index is -0.000000333. The van der Waals surface area contributed by atoms with Crippen LogP contribution in [0.2, 0.25) is 0 Å². The number of rotatable bonds is 1. The summed E-state index contributed by atoms with van der Waals surface area (Å²) < 4.78 is 1.92. The summed E-state index contributed by atoms with van der Waals surface area (Å²) in [4.78, 5) is 0. The van der Waals surface area contributed by atoms with E-state index in [1.165, 1.54) is 0 Å². The summed E-state index contributed by atoms with van der Waals surface area (Å²) in [7, 11) is 11.3. The minimum atomic E-state index is -1.61. The second-order valence-electron chi connectivity index (χ2n) is 1.72. The van der Waals surface area contributed by atoms with Crippen LogP contribution in [0, 0.1) is 14.9 Å². The van der Waals surface area contributed by atoms with E-state index in [2.05, 4.69) is 0 Å². The van der Waals surface area contributed by atoms with Gasteiger partial charge in [0.25, 0.3) is 0 Å². The molecule has 0 heterocycles. The standard InChI is InChI=1S/C7H6.CH4.2CH3.2ClH.Ru/c1-7-5-3-2-4-6-7;;;;;;/h1-6H;1H4;2*1H3;2*1H;/q;;2*-1;;;+2/p-2. The zero-order chi connectivity index (χ0) is 7.40. The molecule has 13 heavy (non-hydrogen) atoms. The van der Waals surface area contributed by atoms with E-state index in [9.17, 15) is 0 Å². The molecule has 0 fully saturated rings. The number of hydrogen-bond acceptors (Lipinski definition) is 0. The van der Waals surface area contributed by atoms with Crippen LogP contribution in [0.4, 0.5) is 0 Å². The van der Waals surface area contributed by atoms with Gasteiger partial charge >= 0.3 is 73.4 Å². The average molecular weight is 308 g/mol. The molecule has 0 radical (unpaired) electrons. The molecule has 0 N–H and O–H groups in total. The Morgan fingerprint density at radius 3 is 1.85 bits per heavy atom. The van der Waals surface area contributed by atoms with Gasteiger partial charge in [0.1, 0.15) is 0 Å². The van der Waals surface area contributed by atoms with Crippen LogP contribution < -0.4 is 0 Å². The van der Waals surface area contributed by atoms with Crippen molar-refractivity contribution >= 4 is 24.0 Å². The van der Waals surface area contributed by atoms with E-state index in [1.54, 1.807) is 0 Å². The number of hydrogen-bond donors (Lipinski definition) is 0. The summed E-state index contributed by atoms with van der Waals surface area (Å²) in [6, 6.07) is 9.89. The van der Waals surface area contributed by atoms with Crippen molar-refractivity contribution in [3.63, 3.8) is 0 Å². The predicted molar refractivity (Wildman–Crippen MR) is 62.9 cm³/mol. The second-order valence-corrected chi connectivity index (χ2v) is 7.44. The second kappa shape index (κ2) is 10.4. The molecule has 0 saturated carbocycles. The molecular weight excluding hydrogens is 292 g/mol. The van der Waals surface area contributed by atoms with Crippen LogP contribution in [0.3, 0.4) is 0 Å². The van der Waals surface area contributed by atoms with Gasteiger partial charge in [-0.1, -0.05) is 7.43 Å². The first kappa shape index (κ1) is 19.0. The van der Waals surface area contributed by atoms with Crippen LogP contribution in [0.25, 0.3) is 0 Å². The van der Waals surface area contributed by atoms with E-state index in [1.807, 2.05) is 34.9 Å². The first-order chi connectivity index (χ1) is 4.79. The quantitative estimate of drug-likeness (QED) is 0.536. The molecule has 0 spiro atoms. The van der Waals surface area contributed by atoms with Gasteiger partial charge < -0.3 is 14.9 Å². The molecule has 0 aliphatic heterocycles. The fourth-order valence-electron chi connectivity index (χ4n) is 0.610. The van der Waals surface area contributed by atoms with Crippen molar-refractivity contribution in [2.24, 2.45) is 0 Å². The van der Waals surface area contributed by atoms with Crippen LogP contribution in [0.1, 0.15) is 13.0 Å². The van der Waals surface area contributed by atoms with Crippen molar-refractivity contribution in [3.05, 3.63) is 50.7 Å². The van der Waals surface area contributed by atoms with E-state index >= 15 is 0 Å². The van der Waals surface area contributed by atoms with Crippen molar-refractivity contribution < 1.29 is 13.5 Å². The van der Waals surface area contributed by atoms with E-state index in [0.29, 0.717) is 0 Å². The summed E-state index contributed by atoms with van der Waals surface area (Å²) in [6.07, 6.45) is 0. The van der Waals surface area contributed by atoms with Crippen LogP contribution >= 0.6 is 19.4 Å². The molecule has 0 aliphatic carbocycles. The van der Waals surface area contributed by atoms with Gasteiger partial charge in [-0.25, -0.2) is 0 Å². The molecule has 0 atom stereocenters. The third-order valence-electron chi connectivity index (χ3n) is 0.995. The van der Waals surface area contributed by atoms with Gasteiger partial charge in [-0.15, -0.1) is 0 Å². The van der Waals surface area contributed by atoms with Gasteiger partial charge in [-0.3, -0.25) is 0 Å². The van der Waals surface area contributed by atoms with Crippen molar-refractivity contribution in [1.82, 2.24) is 0 Å². The molecular formula is C10H16Cl2Ru-2. The van der Waals surface area contributed by atoms with Crippen molar-refractivity contribution in [2.45, 2.75) is 7.43 Å². The Kier molecular flexibility index (Phi) is 15.1. The zero-order valence-electron chi connectivity index (χ0n) is 7.07. The number of halogens is 2. The Morgan fingerprint density at radius 1 is 1.00 bits per heavy atom. The summed E-state index contributed by atoms with van der Waals surface area (Å²) in [5.41, 5.74) is 1.12. The topological polar surface area (TPSA) is 0 Å². The Bertz CT molecular complexity index is 228. The predicted octanol–water partition coefficient (Wildman–Crippen LogP) is 4.30. The molecule has 0 saturated heterocycles. The first-order valence-corrected chi connectivity index (χ1v) is 8.15. The monoisotopic (exact) mass is 308 g/mol. The molecule has 0 unspecified atom stereocenters. The Hall–Kier alpha value is 0.293. The van der Waals surface area contributed by atoms with Gasteiger partial charge in [0.05, 0.1) is 0 Å². The summed E-state index contributed by atoms with van der Waals surface area (Å²) in [5.74, 6) is 0. The van der Waals surface area contributed by atoms with Crippen molar-refractivity contribution in [1.29, 1.82) is 0 Å². The fraction of sp³-hybridized carbons (Fsp3) is 0.100. The molecule has 0 aliphatic rings. The van der Waals surface area contributed by atoms with E-state index in [4.69, 9.17) is 19.4 Å². The Labute approximate surface area is 95.4 Å². The molecule has 1 rings (SSSR count). The number of benzene rings is 1. The van der Waals surface area contributed by atoms with Gasteiger partial charge in [-0.2, -0.15) is 0 Å². The Morgan fingerprint density at radius 2 is 1.46 bits per heavy atom. The van der Waals surface area contributed by atoms with E-state index < -0.39 is 13.5 Å². The summed E-state index contributed by atoms with van der Waals surface area (Å²) in [5, 5.41) is 0. The van der Waals surface area contributed by atoms with Gasteiger partial charge in [0.15, 0.2) is 0 Å².